The van der Waals surface area contributed by atoms with E-state index in [2.05, 4.69) is 12.2 Å². The molecule has 0 aromatic heterocycles. The van der Waals surface area contributed by atoms with E-state index in [1.165, 1.54) is 5.56 Å². The molecule has 6 heteroatoms. The normalized spacial score (nSPS) is 17.9. The van der Waals surface area contributed by atoms with Gasteiger partial charge in [-0.2, -0.15) is 0 Å². The predicted octanol–water partition coefficient (Wildman–Crippen LogP) is 4.97. The van der Waals surface area contributed by atoms with Crippen LogP contribution in [0.25, 0.3) is 0 Å². The molecule has 1 amide bonds. The van der Waals surface area contributed by atoms with Gasteiger partial charge in [-0.15, -0.1) is 0 Å². The van der Waals surface area contributed by atoms with E-state index in [0.717, 1.165) is 24.8 Å². The van der Waals surface area contributed by atoms with Crippen molar-refractivity contribution in [1.29, 1.82) is 0 Å². The minimum absolute atomic E-state index is 0.0170. The van der Waals surface area contributed by atoms with Gasteiger partial charge in [-0.05, 0) is 86.9 Å². The van der Waals surface area contributed by atoms with E-state index in [9.17, 15) is 14.4 Å². The highest BCUT2D eigenvalue weighted by molar-refractivity contribution is 5.97. The number of ether oxygens (including phenoxy) is 1. The Morgan fingerprint density at radius 2 is 1.73 bits per heavy atom. The Hall–Kier alpha value is -3.15. The molecule has 1 aliphatic rings. The van der Waals surface area contributed by atoms with Crippen molar-refractivity contribution >= 4 is 17.7 Å². The summed E-state index contributed by atoms with van der Waals surface area (Å²) < 4.78 is 6.03. The van der Waals surface area contributed by atoms with Crippen molar-refractivity contribution in [3.8, 4) is 5.75 Å². The molecule has 2 N–H and O–H groups in total. The van der Waals surface area contributed by atoms with Gasteiger partial charge >= 0.3 is 5.97 Å². The maximum Gasteiger partial charge on any atom is 0.306 e. The smallest absolute Gasteiger partial charge is 0.306 e. The Kier molecular flexibility index (Phi) is 8.64. The van der Waals surface area contributed by atoms with Crippen LogP contribution in [0.3, 0.4) is 0 Å². The average molecular weight is 452 g/mol. The van der Waals surface area contributed by atoms with Crippen LogP contribution in [0.5, 0.6) is 5.75 Å². The minimum atomic E-state index is -0.725. The third-order valence-electron chi connectivity index (χ3n) is 6.32. The number of carboxylic acid groups (broad SMARTS) is 1. The molecule has 0 saturated heterocycles. The van der Waals surface area contributed by atoms with Crippen molar-refractivity contribution in [2.75, 3.05) is 6.54 Å². The number of aliphatic carboxylic acids is 1. The first-order valence-electron chi connectivity index (χ1n) is 11.8. The highest BCUT2D eigenvalue weighted by Crippen LogP contribution is 2.29. The van der Waals surface area contributed by atoms with Crippen LogP contribution in [0.4, 0.5) is 0 Å². The molecule has 6 nitrogen and oxygen atoms in total. The average Bonchev–Trinajstić information content (AvgIpc) is 2.82. The molecule has 0 atom stereocenters. The van der Waals surface area contributed by atoms with E-state index in [0.29, 0.717) is 49.1 Å². The van der Waals surface area contributed by atoms with Gasteiger partial charge in [0, 0.05) is 24.1 Å². The molecular weight excluding hydrogens is 418 g/mol. The minimum Gasteiger partial charge on any atom is -0.490 e. The lowest BCUT2D eigenvalue weighted by molar-refractivity contribution is -0.143. The number of Topliss-reactive ketones (excluding diaryl/α,β-unsaturated/α-hetero) is 1. The van der Waals surface area contributed by atoms with Crippen molar-refractivity contribution in [3.63, 3.8) is 0 Å². The molecule has 1 saturated carbocycles. The zero-order valence-electron chi connectivity index (χ0n) is 19.4. The molecule has 2 aromatic rings. The summed E-state index contributed by atoms with van der Waals surface area (Å²) in [7, 11) is 0. The molecular formula is C27H33NO5. The number of carboxylic acids is 1. The number of ketones is 1. The standard InChI is InChI=1S/C27H33NO5/c1-3-19-6-8-20(9-7-19)26(30)28-16-4-5-25(29)24-15-14-23(17-18(24)2)33-22-12-10-21(11-13-22)27(31)32/h6-9,14-15,17,21-22H,3-5,10-13,16H2,1-2H3,(H,28,30)(H,31,32). The number of carbonyl (C=O) groups is 3. The lowest BCUT2D eigenvalue weighted by Crippen LogP contribution is -2.27. The Morgan fingerprint density at radius 3 is 2.33 bits per heavy atom. The highest BCUT2D eigenvalue weighted by atomic mass is 16.5. The fraction of sp³-hybridized carbons (Fsp3) is 0.444. The maximum absolute atomic E-state index is 12.6. The van der Waals surface area contributed by atoms with Crippen LogP contribution in [0, 0.1) is 12.8 Å². The summed E-state index contributed by atoms with van der Waals surface area (Å²) in [6.45, 7) is 4.41. The molecule has 0 spiro atoms. The van der Waals surface area contributed by atoms with E-state index in [1.54, 1.807) is 6.07 Å². The quantitative estimate of drug-likeness (QED) is 0.393. The molecule has 0 aliphatic heterocycles. The van der Waals surface area contributed by atoms with E-state index >= 15 is 0 Å². The zero-order chi connectivity index (χ0) is 23.8. The summed E-state index contributed by atoms with van der Waals surface area (Å²) in [5.41, 5.74) is 3.34. The van der Waals surface area contributed by atoms with E-state index in [-0.39, 0.29) is 23.7 Å². The fourth-order valence-corrected chi connectivity index (χ4v) is 4.22. The zero-order valence-corrected chi connectivity index (χ0v) is 19.4. The van der Waals surface area contributed by atoms with Gasteiger partial charge in [0.05, 0.1) is 12.0 Å². The molecule has 0 bridgehead atoms. The lowest BCUT2D eigenvalue weighted by atomic mass is 9.87. The molecule has 0 radical (unpaired) electrons. The molecule has 1 fully saturated rings. The lowest BCUT2D eigenvalue weighted by Gasteiger charge is -2.27. The summed E-state index contributed by atoms with van der Waals surface area (Å²) in [6, 6.07) is 13.0. The second-order valence-electron chi connectivity index (χ2n) is 8.74. The van der Waals surface area contributed by atoms with Crippen molar-refractivity contribution in [2.24, 2.45) is 5.92 Å². The van der Waals surface area contributed by atoms with Gasteiger partial charge in [0.25, 0.3) is 5.91 Å². The number of rotatable bonds is 10. The SMILES string of the molecule is CCc1ccc(C(=O)NCCCC(=O)c2ccc(OC3CCC(C(=O)O)CC3)cc2C)cc1. The van der Waals surface area contributed by atoms with Gasteiger partial charge in [-0.1, -0.05) is 19.1 Å². The number of amides is 1. The van der Waals surface area contributed by atoms with E-state index in [1.807, 2.05) is 43.3 Å². The first-order chi connectivity index (χ1) is 15.9. The summed E-state index contributed by atoms with van der Waals surface area (Å²) in [4.78, 5) is 36.0. The van der Waals surface area contributed by atoms with Crippen molar-refractivity contribution in [3.05, 3.63) is 64.7 Å². The summed E-state index contributed by atoms with van der Waals surface area (Å²) in [5.74, 6) is -0.359. The Labute approximate surface area is 195 Å². The van der Waals surface area contributed by atoms with Crippen molar-refractivity contribution in [2.45, 2.75) is 64.9 Å². The first-order valence-corrected chi connectivity index (χ1v) is 11.8. The number of benzene rings is 2. The van der Waals surface area contributed by atoms with Gasteiger partial charge in [0.15, 0.2) is 5.78 Å². The number of hydrogen-bond acceptors (Lipinski definition) is 4. The maximum atomic E-state index is 12.6. The molecule has 3 rings (SSSR count). The Bertz CT molecular complexity index is 975. The van der Waals surface area contributed by atoms with Gasteiger partial charge < -0.3 is 15.2 Å². The van der Waals surface area contributed by atoms with E-state index < -0.39 is 5.97 Å². The van der Waals surface area contributed by atoms with Crippen LogP contribution in [0.1, 0.15) is 77.3 Å². The monoisotopic (exact) mass is 451 g/mol. The largest absolute Gasteiger partial charge is 0.490 e. The van der Waals surface area contributed by atoms with Crippen molar-refractivity contribution in [1.82, 2.24) is 5.32 Å². The van der Waals surface area contributed by atoms with Crippen LogP contribution in [-0.4, -0.2) is 35.4 Å². The van der Waals surface area contributed by atoms with Crippen molar-refractivity contribution < 1.29 is 24.2 Å². The number of carbonyl (C=O) groups excluding carboxylic acids is 2. The van der Waals surface area contributed by atoms with Gasteiger partial charge in [0.2, 0.25) is 0 Å². The molecule has 176 valence electrons. The fourth-order valence-electron chi connectivity index (χ4n) is 4.22. The topological polar surface area (TPSA) is 92.7 Å². The third-order valence-corrected chi connectivity index (χ3v) is 6.32. The number of hydrogen-bond donors (Lipinski definition) is 2. The Morgan fingerprint density at radius 1 is 1.03 bits per heavy atom. The van der Waals surface area contributed by atoms with Gasteiger partial charge in [-0.3, -0.25) is 14.4 Å². The van der Waals surface area contributed by atoms with Gasteiger partial charge in [-0.25, -0.2) is 0 Å². The molecule has 0 heterocycles. The summed E-state index contributed by atoms with van der Waals surface area (Å²) >= 11 is 0. The summed E-state index contributed by atoms with van der Waals surface area (Å²) in [6.07, 6.45) is 4.60. The summed E-state index contributed by atoms with van der Waals surface area (Å²) in [5, 5.41) is 12.0. The number of nitrogens with one attached hydrogen (secondary N) is 1. The second-order valence-corrected chi connectivity index (χ2v) is 8.74. The van der Waals surface area contributed by atoms with Crippen LogP contribution in [0.2, 0.25) is 0 Å². The molecule has 1 aliphatic carbocycles. The van der Waals surface area contributed by atoms with Crippen LogP contribution in [-0.2, 0) is 11.2 Å². The molecule has 2 aromatic carbocycles. The van der Waals surface area contributed by atoms with Crippen LogP contribution in [0.15, 0.2) is 42.5 Å². The second kappa shape index (κ2) is 11.6. The Balaban J connectivity index is 1.43. The van der Waals surface area contributed by atoms with Gasteiger partial charge in [0.1, 0.15) is 5.75 Å². The van der Waals surface area contributed by atoms with E-state index in [4.69, 9.17) is 9.84 Å². The number of aryl methyl sites for hydroxylation is 2. The molecule has 0 unspecified atom stereocenters. The van der Waals surface area contributed by atoms with Crippen LogP contribution >= 0.6 is 0 Å². The third kappa shape index (κ3) is 6.91. The van der Waals surface area contributed by atoms with Crippen LogP contribution < -0.4 is 10.1 Å². The highest BCUT2D eigenvalue weighted by Gasteiger charge is 2.27. The first kappa shape index (κ1) is 24.5. The predicted molar refractivity (Wildman–Crippen MR) is 127 cm³/mol. The molecule has 33 heavy (non-hydrogen) atoms.